The summed E-state index contributed by atoms with van der Waals surface area (Å²) in [7, 11) is -1.46. The third-order valence-corrected chi connectivity index (χ3v) is 4.23. The predicted molar refractivity (Wildman–Crippen MR) is 72.1 cm³/mol. The van der Waals surface area contributed by atoms with E-state index in [1.165, 1.54) is 30.3 Å². The second-order valence-corrected chi connectivity index (χ2v) is 5.66. The third-order valence-electron chi connectivity index (χ3n) is 2.81. The lowest BCUT2D eigenvalue weighted by molar-refractivity contribution is 0.623. The molecule has 100 valence electrons. The van der Waals surface area contributed by atoms with Gasteiger partial charge >= 0.3 is 0 Å². The monoisotopic (exact) mass is 281 g/mol. The Morgan fingerprint density at radius 3 is 2.42 bits per heavy atom. The summed E-state index contributed by atoms with van der Waals surface area (Å²) in [6.45, 7) is 1.74. The van der Waals surface area contributed by atoms with Gasteiger partial charge in [0.05, 0.1) is 21.4 Å². The van der Waals surface area contributed by atoms with Crippen LogP contribution in [0.1, 0.15) is 11.1 Å². The standard InChI is InChI=1S/C14H13F2NOS/c1-9-6-11(15)3-2-10(9)8-19(18)14-7-12(16)4-5-13(14)17/h2-7H,8,17H2,1H3. The highest BCUT2D eigenvalue weighted by atomic mass is 32.2. The van der Waals surface area contributed by atoms with Crippen LogP contribution in [0.2, 0.25) is 0 Å². The van der Waals surface area contributed by atoms with Gasteiger partial charge < -0.3 is 5.73 Å². The summed E-state index contributed by atoms with van der Waals surface area (Å²) in [5.74, 6) is -0.634. The number of hydrogen-bond donors (Lipinski definition) is 1. The molecule has 0 amide bonds. The Hall–Kier alpha value is -1.75. The summed E-state index contributed by atoms with van der Waals surface area (Å²) in [5, 5.41) is 0. The highest BCUT2D eigenvalue weighted by Gasteiger charge is 2.11. The van der Waals surface area contributed by atoms with Crippen molar-refractivity contribution in [2.24, 2.45) is 0 Å². The number of nitrogens with two attached hydrogens (primary N) is 1. The summed E-state index contributed by atoms with van der Waals surface area (Å²) in [5.41, 5.74) is 7.44. The summed E-state index contributed by atoms with van der Waals surface area (Å²) in [6.07, 6.45) is 0. The van der Waals surface area contributed by atoms with Gasteiger partial charge in [0.25, 0.3) is 0 Å². The van der Waals surface area contributed by atoms with Crippen LogP contribution < -0.4 is 5.73 Å². The zero-order chi connectivity index (χ0) is 14.0. The molecule has 2 aromatic rings. The van der Waals surface area contributed by atoms with Gasteiger partial charge in [-0.05, 0) is 48.4 Å². The van der Waals surface area contributed by atoms with E-state index in [0.717, 1.165) is 5.56 Å². The van der Waals surface area contributed by atoms with Crippen molar-refractivity contribution in [2.75, 3.05) is 5.73 Å². The Labute approximate surface area is 112 Å². The topological polar surface area (TPSA) is 43.1 Å². The molecular formula is C14H13F2NOS. The third kappa shape index (κ3) is 3.17. The van der Waals surface area contributed by atoms with E-state index in [-0.39, 0.29) is 16.5 Å². The minimum atomic E-state index is -1.46. The summed E-state index contributed by atoms with van der Waals surface area (Å²) < 4.78 is 38.3. The average Bonchev–Trinajstić information content (AvgIpc) is 2.35. The highest BCUT2D eigenvalue weighted by Crippen LogP contribution is 2.21. The Morgan fingerprint density at radius 2 is 1.74 bits per heavy atom. The minimum absolute atomic E-state index is 0.180. The first-order valence-corrected chi connectivity index (χ1v) is 6.97. The van der Waals surface area contributed by atoms with Gasteiger partial charge in [-0.15, -0.1) is 0 Å². The first kappa shape index (κ1) is 13.7. The molecule has 2 N–H and O–H groups in total. The normalized spacial score (nSPS) is 12.4. The smallest absolute Gasteiger partial charge is 0.124 e. The SMILES string of the molecule is Cc1cc(F)ccc1CS(=O)c1cc(F)ccc1N. The summed E-state index contributed by atoms with van der Waals surface area (Å²) >= 11 is 0. The molecule has 2 nitrogen and oxygen atoms in total. The van der Waals surface area contributed by atoms with E-state index in [1.54, 1.807) is 13.0 Å². The van der Waals surface area contributed by atoms with Gasteiger partial charge in [0.2, 0.25) is 0 Å². The molecule has 0 bridgehead atoms. The van der Waals surface area contributed by atoms with Crippen molar-refractivity contribution in [3.05, 3.63) is 59.2 Å². The van der Waals surface area contributed by atoms with Crippen molar-refractivity contribution < 1.29 is 13.0 Å². The number of rotatable bonds is 3. The molecule has 19 heavy (non-hydrogen) atoms. The molecule has 0 aliphatic carbocycles. The molecule has 1 atom stereocenters. The second-order valence-electron chi connectivity index (χ2n) is 4.24. The van der Waals surface area contributed by atoms with Crippen molar-refractivity contribution in [1.29, 1.82) is 0 Å². The second kappa shape index (κ2) is 5.48. The van der Waals surface area contributed by atoms with E-state index in [2.05, 4.69) is 0 Å². The molecule has 0 spiro atoms. The zero-order valence-electron chi connectivity index (χ0n) is 10.3. The average molecular weight is 281 g/mol. The molecule has 0 fully saturated rings. The van der Waals surface area contributed by atoms with Crippen LogP contribution in [0, 0.1) is 18.6 Å². The quantitative estimate of drug-likeness (QED) is 0.878. The first-order valence-electron chi connectivity index (χ1n) is 5.66. The Bertz CT molecular complexity index is 643. The van der Waals surface area contributed by atoms with Crippen LogP contribution in [0.4, 0.5) is 14.5 Å². The van der Waals surface area contributed by atoms with Gasteiger partial charge in [0, 0.05) is 5.69 Å². The lowest BCUT2D eigenvalue weighted by Crippen LogP contribution is -2.03. The van der Waals surface area contributed by atoms with E-state index in [1.807, 2.05) is 0 Å². The van der Waals surface area contributed by atoms with Gasteiger partial charge in [-0.1, -0.05) is 6.07 Å². The number of aryl methyl sites for hydroxylation is 1. The molecule has 1 unspecified atom stereocenters. The number of benzene rings is 2. The van der Waals surface area contributed by atoms with Crippen LogP contribution in [0.3, 0.4) is 0 Å². The fourth-order valence-corrected chi connectivity index (χ4v) is 3.08. The Morgan fingerprint density at radius 1 is 1.11 bits per heavy atom. The maximum atomic E-state index is 13.1. The van der Waals surface area contributed by atoms with Crippen molar-refractivity contribution in [1.82, 2.24) is 0 Å². The van der Waals surface area contributed by atoms with E-state index < -0.39 is 16.6 Å². The molecule has 2 aromatic carbocycles. The van der Waals surface area contributed by atoms with Crippen molar-refractivity contribution in [3.8, 4) is 0 Å². The highest BCUT2D eigenvalue weighted by molar-refractivity contribution is 7.84. The van der Waals surface area contributed by atoms with E-state index >= 15 is 0 Å². The predicted octanol–water partition coefficient (Wildman–Crippen LogP) is 3.16. The van der Waals surface area contributed by atoms with E-state index in [4.69, 9.17) is 5.73 Å². The molecule has 0 aliphatic heterocycles. The number of hydrogen-bond acceptors (Lipinski definition) is 2. The van der Waals surface area contributed by atoms with Crippen LogP contribution in [0.5, 0.6) is 0 Å². The molecule has 0 heterocycles. The maximum absolute atomic E-state index is 13.1. The molecule has 0 radical (unpaired) electrons. The van der Waals surface area contributed by atoms with Crippen molar-refractivity contribution in [3.63, 3.8) is 0 Å². The molecular weight excluding hydrogens is 268 g/mol. The van der Waals surface area contributed by atoms with Gasteiger partial charge in [-0.3, -0.25) is 4.21 Å². The minimum Gasteiger partial charge on any atom is -0.398 e. The van der Waals surface area contributed by atoms with E-state index in [0.29, 0.717) is 11.3 Å². The summed E-state index contributed by atoms with van der Waals surface area (Å²) in [6, 6.07) is 8.05. The lowest BCUT2D eigenvalue weighted by atomic mass is 10.1. The summed E-state index contributed by atoms with van der Waals surface area (Å²) in [4.78, 5) is 0.267. The fourth-order valence-electron chi connectivity index (χ4n) is 1.75. The number of halogens is 2. The van der Waals surface area contributed by atoms with Gasteiger partial charge in [0.15, 0.2) is 0 Å². The van der Waals surface area contributed by atoms with E-state index in [9.17, 15) is 13.0 Å². The maximum Gasteiger partial charge on any atom is 0.124 e. The van der Waals surface area contributed by atoms with Gasteiger partial charge in [-0.25, -0.2) is 8.78 Å². The van der Waals surface area contributed by atoms with Gasteiger partial charge in [0.1, 0.15) is 11.6 Å². The fraction of sp³-hybridized carbons (Fsp3) is 0.143. The molecule has 5 heteroatoms. The van der Waals surface area contributed by atoms with Gasteiger partial charge in [-0.2, -0.15) is 0 Å². The Kier molecular flexibility index (Phi) is 3.95. The molecule has 0 saturated carbocycles. The van der Waals surface area contributed by atoms with Crippen LogP contribution >= 0.6 is 0 Å². The van der Waals surface area contributed by atoms with Crippen molar-refractivity contribution >= 4 is 16.5 Å². The Balaban J connectivity index is 2.28. The van der Waals surface area contributed by atoms with Crippen LogP contribution in [-0.4, -0.2) is 4.21 Å². The van der Waals surface area contributed by atoms with Crippen LogP contribution in [0.15, 0.2) is 41.3 Å². The first-order chi connectivity index (χ1) is 8.97. The molecule has 0 saturated heterocycles. The van der Waals surface area contributed by atoms with Crippen LogP contribution in [-0.2, 0) is 16.6 Å². The number of nitrogen functional groups attached to an aromatic ring is 1. The lowest BCUT2D eigenvalue weighted by Gasteiger charge is -2.08. The van der Waals surface area contributed by atoms with Crippen LogP contribution in [0.25, 0.3) is 0 Å². The molecule has 0 aliphatic rings. The molecule has 2 rings (SSSR count). The number of anilines is 1. The van der Waals surface area contributed by atoms with Crippen molar-refractivity contribution in [2.45, 2.75) is 17.6 Å². The largest absolute Gasteiger partial charge is 0.398 e. The molecule has 0 aromatic heterocycles. The zero-order valence-corrected chi connectivity index (χ0v) is 11.1.